The second kappa shape index (κ2) is 7.19. The summed E-state index contributed by atoms with van der Waals surface area (Å²) in [5, 5.41) is 2.91. The number of hydrogen-bond donors (Lipinski definition) is 1. The minimum absolute atomic E-state index is 0.149. The van der Waals surface area contributed by atoms with Gasteiger partial charge in [-0.05, 0) is 81.3 Å². The van der Waals surface area contributed by atoms with Crippen molar-refractivity contribution >= 4 is 23.4 Å². The predicted octanol–water partition coefficient (Wildman–Crippen LogP) is 5.92. The van der Waals surface area contributed by atoms with Crippen LogP contribution in [-0.4, -0.2) is 5.91 Å². The Morgan fingerprint density at radius 1 is 0.880 bits per heavy atom. The van der Waals surface area contributed by atoms with Crippen LogP contribution in [0.5, 0.6) is 0 Å². The minimum atomic E-state index is -0.149. The van der Waals surface area contributed by atoms with Crippen LogP contribution in [0.4, 0.5) is 5.69 Å². The van der Waals surface area contributed by atoms with Crippen LogP contribution in [0, 0.1) is 27.7 Å². The van der Waals surface area contributed by atoms with Crippen molar-refractivity contribution < 1.29 is 9.21 Å². The van der Waals surface area contributed by atoms with Crippen molar-refractivity contribution in [2.24, 2.45) is 0 Å². The molecule has 0 saturated heterocycles. The standard InChI is InChI=1S/C21H21NO2S/c1-13-5-8-19(11-14(13)2)25-18-9-6-17(7-10-18)22-21(23)20-12-15(3)24-16(20)4/h5-12H,1-4H3,(H,22,23). The van der Waals surface area contributed by atoms with E-state index in [2.05, 4.69) is 37.4 Å². The summed E-state index contributed by atoms with van der Waals surface area (Å²) in [5.41, 5.74) is 3.94. The van der Waals surface area contributed by atoms with E-state index >= 15 is 0 Å². The van der Waals surface area contributed by atoms with E-state index in [4.69, 9.17) is 4.42 Å². The first-order chi connectivity index (χ1) is 11.9. The molecule has 0 spiro atoms. The molecule has 4 heteroatoms. The molecule has 0 aliphatic rings. The maximum Gasteiger partial charge on any atom is 0.259 e. The molecule has 0 aliphatic heterocycles. The van der Waals surface area contributed by atoms with E-state index in [0.717, 1.165) is 16.3 Å². The van der Waals surface area contributed by atoms with Crippen LogP contribution in [0.2, 0.25) is 0 Å². The van der Waals surface area contributed by atoms with Crippen molar-refractivity contribution in [3.8, 4) is 0 Å². The van der Waals surface area contributed by atoms with Gasteiger partial charge in [0.2, 0.25) is 0 Å². The van der Waals surface area contributed by atoms with Crippen molar-refractivity contribution in [1.82, 2.24) is 0 Å². The molecule has 128 valence electrons. The number of aryl methyl sites for hydroxylation is 4. The summed E-state index contributed by atoms with van der Waals surface area (Å²) in [4.78, 5) is 14.7. The highest BCUT2D eigenvalue weighted by molar-refractivity contribution is 7.99. The number of amides is 1. The highest BCUT2D eigenvalue weighted by atomic mass is 32.2. The minimum Gasteiger partial charge on any atom is -0.466 e. The van der Waals surface area contributed by atoms with Gasteiger partial charge in [0.1, 0.15) is 11.5 Å². The zero-order valence-electron chi connectivity index (χ0n) is 14.8. The van der Waals surface area contributed by atoms with Crippen molar-refractivity contribution in [1.29, 1.82) is 0 Å². The number of rotatable bonds is 4. The summed E-state index contributed by atoms with van der Waals surface area (Å²) in [5.74, 6) is 1.23. The fourth-order valence-corrected chi connectivity index (χ4v) is 3.49. The van der Waals surface area contributed by atoms with Crippen molar-refractivity contribution in [3.05, 3.63) is 76.7 Å². The molecule has 0 atom stereocenters. The van der Waals surface area contributed by atoms with Crippen molar-refractivity contribution in [3.63, 3.8) is 0 Å². The van der Waals surface area contributed by atoms with Crippen LogP contribution in [0.3, 0.4) is 0 Å². The van der Waals surface area contributed by atoms with E-state index in [-0.39, 0.29) is 5.91 Å². The Morgan fingerprint density at radius 3 is 2.16 bits per heavy atom. The summed E-state index contributed by atoms with van der Waals surface area (Å²) >= 11 is 1.71. The summed E-state index contributed by atoms with van der Waals surface area (Å²) in [6, 6.07) is 16.1. The lowest BCUT2D eigenvalue weighted by Gasteiger charge is -2.07. The molecule has 3 nitrogen and oxygen atoms in total. The Hall–Kier alpha value is -2.46. The monoisotopic (exact) mass is 351 g/mol. The van der Waals surface area contributed by atoms with E-state index in [0.29, 0.717) is 11.3 Å². The summed E-state index contributed by atoms with van der Waals surface area (Å²) in [6.45, 7) is 7.87. The molecule has 3 aromatic rings. The van der Waals surface area contributed by atoms with Crippen LogP contribution < -0.4 is 5.32 Å². The largest absolute Gasteiger partial charge is 0.466 e. The number of anilines is 1. The van der Waals surface area contributed by atoms with Crippen molar-refractivity contribution in [2.45, 2.75) is 37.5 Å². The fourth-order valence-electron chi connectivity index (χ4n) is 2.57. The number of carbonyl (C=O) groups excluding carboxylic acids is 1. The average molecular weight is 351 g/mol. The van der Waals surface area contributed by atoms with E-state index in [1.807, 2.05) is 31.2 Å². The van der Waals surface area contributed by atoms with Gasteiger partial charge in [0.25, 0.3) is 5.91 Å². The van der Waals surface area contributed by atoms with Crippen LogP contribution in [0.25, 0.3) is 0 Å². The van der Waals surface area contributed by atoms with Gasteiger partial charge in [0, 0.05) is 15.5 Å². The molecule has 0 saturated carbocycles. The van der Waals surface area contributed by atoms with E-state index < -0.39 is 0 Å². The maximum absolute atomic E-state index is 12.3. The van der Waals surface area contributed by atoms with E-state index in [9.17, 15) is 4.79 Å². The molecule has 0 aliphatic carbocycles. The Labute approximate surface area is 152 Å². The lowest BCUT2D eigenvalue weighted by Crippen LogP contribution is -2.11. The third kappa shape index (κ3) is 4.15. The molecule has 1 amide bonds. The molecule has 0 bridgehead atoms. The first-order valence-electron chi connectivity index (χ1n) is 8.16. The Bertz CT molecular complexity index is 910. The third-order valence-corrected chi connectivity index (χ3v) is 5.11. The lowest BCUT2D eigenvalue weighted by molar-refractivity contribution is 0.102. The van der Waals surface area contributed by atoms with Crippen LogP contribution in [0.15, 0.2) is 62.7 Å². The molecule has 0 unspecified atom stereocenters. The Kier molecular flexibility index (Phi) is 5.00. The molecule has 25 heavy (non-hydrogen) atoms. The molecule has 0 radical (unpaired) electrons. The Morgan fingerprint density at radius 2 is 1.56 bits per heavy atom. The molecular formula is C21H21NO2S. The zero-order valence-corrected chi connectivity index (χ0v) is 15.7. The highest BCUT2D eigenvalue weighted by Crippen LogP contribution is 2.30. The quantitative estimate of drug-likeness (QED) is 0.634. The normalized spacial score (nSPS) is 10.7. The second-order valence-corrected chi connectivity index (χ2v) is 7.30. The highest BCUT2D eigenvalue weighted by Gasteiger charge is 2.13. The van der Waals surface area contributed by atoms with E-state index in [1.165, 1.54) is 16.0 Å². The lowest BCUT2D eigenvalue weighted by atomic mass is 10.1. The van der Waals surface area contributed by atoms with Gasteiger partial charge in [-0.25, -0.2) is 0 Å². The molecule has 0 fully saturated rings. The van der Waals surface area contributed by atoms with Gasteiger partial charge in [-0.1, -0.05) is 17.8 Å². The van der Waals surface area contributed by atoms with Crippen LogP contribution in [0.1, 0.15) is 33.0 Å². The number of carbonyl (C=O) groups is 1. The van der Waals surface area contributed by atoms with Gasteiger partial charge in [0.05, 0.1) is 5.56 Å². The first kappa shape index (κ1) is 17.4. The van der Waals surface area contributed by atoms with Crippen LogP contribution >= 0.6 is 11.8 Å². The van der Waals surface area contributed by atoms with Gasteiger partial charge in [-0.3, -0.25) is 4.79 Å². The molecular weight excluding hydrogens is 330 g/mol. The molecule has 1 heterocycles. The predicted molar refractivity (Wildman–Crippen MR) is 103 cm³/mol. The zero-order chi connectivity index (χ0) is 18.0. The average Bonchev–Trinajstić information content (AvgIpc) is 2.91. The smallest absolute Gasteiger partial charge is 0.259 e. The molecule has 1 aromatic heterocycles. The first-order valence-corrected chi connectivity index (χ1v) is 8.97. The molecule has 2 aromatic carbocycles. The van der Waals surface area contributed by atoms with Crippen LogP contribution in [-0.2, 0) is 0 Å². The number of nitrogens with one attached hydrogen (secondary N) is 1. The number of furan rings is 1. The Balaban J connectivity index is 1.68. The van der Waals surface area contributed by atoms with E-state index in [1.54, 1.807) is 24.8 Å². The summed E-state index contributed by atoms with van der Waals surface area (Å²) in [7, 11) is 0. The van der Waals surface area contributed by atoms with Crippen molar-refractivity contribution in [2.75, 3.05) is 5.32 Å². The van der Waals surface area contributed by atoms with Gasteiger partial charge < -0.3 is 9.73 Å². The molecule has 3 rings (SSSR count). The van der Waals surface area contributed by atoms with Gasteiger partial charge in [-0.2, -0.15) is 0 Å². The summed E-state index contributed by atoms with van der Waals surface area (Å²) < 4.78 is 5.41. The van der Waals surface area contributed by atoms with Gasteiger partial charge in [-0.15, -0.1) is 0 Å². The SMILES string of the molecule is Cc1cc(C(=O)Nc2ccc(Sc3ccc(C)c(C)c3)cc2)c(C)o1. The number of benzene rings is 2. The molecule has 1 N–H and O–H groups in total. The number of hydrogen-bond acceptors (Lipinski definition) is 3. The summed E-state index contributed by atoms with van der Waals surface area (Å²) in [6.07, 6.45) is 0. The van der Waals surface area contributed by atoms with Gasteiger partial charge in [0.15, 0.2) is 0 Å². The van der Waals surface area contributed by atoms with Gasteiger partial charge >= 0.3 is 0 Å². The second-order valence-electron chi connectivity index (χ2n) is 6.15. The third-order valence-electron chi connectivity index (χ3n) is 4.11. The fraction of sp³-hybridized carbons (Fsp3) is 0.190. The topological polar surface area (TPSA) is 42.2 Å². The maximum atomic E-state index is 12.3.